The van der Waals surface area contributed by atoms with Gasteiger partial charge >= 0.3 is 0 Å². The van der Waals surface area contributed by atoms with Crippen LogP contribution >= 0.6 is 0 Å². The van der Waals surface area contributed by atoms with Crippen LogP contribution in [0.15, 0.2) is 60.7 Å². The Bertz CT molecular complexity index is 1300. The number of aromatic nitrogens is 2. The van der Waals surface area contributed by atoms with Crippen LogP contribution in [0.5, 0.6) is 0 Å². The van der Waals surface area contributed by atoms with Gasteiger partial charge in [0.15, 0.2) is 0 Å². The summed E-state index contributed by atoms with van der Waals surface area (Å²) in [4.78, 5) is 7.21. The summed E-state index contributed by atoms with van der Waals surface area (Å²) in [5.41, 5.74) is 10.2. The van der Waals surface area contributed by atoms with Crippen LogP contribution in [-0.4, -0.2) is 40.8 Å². The van der Waals surface area contributed by atoms with Crippen molar-refractivity contribution in [1.82, 2.24) is 14.5 Å². The number of ether oxygens (including phenoxy) is 1. The molecule has 1 saturated heterocycles. The van der Waals surface area contributed by atoms with Gasteiger partial charge in [0.2, 0.25) is 0 Å². The molecule has 2 aliphatic heterocycles. The fraction of sp³-hybridized carbons (Fsp3) is 0.321. The predicted molar refractivity (Wildman–Crippen MR) is 133 cm³/mol. The number of hydrogen-bond donors (Lipinski definition) is 1. The second kappa shape index (κ2) is 8.65. The van der Waals surface area contributed by atoms with Gasteiger partial charge in [0.25, 0.3) is 0 Å². The molecular weight excluding hydrogens is 408 g/mol. The fourth-order valence-electron chi connectivity index (χ4n) is 5.16. The molecule has 6 rings (SSSR count). The highest BCUT2D eigenvalue weighted by Crippen LogP contribution is 2.32. The standard InChI is InChI=1S/C28H30N4O/c1-20-29-27-4-2-3-5-28(27)32(20)19-22-7-11-26-24(17-22)9-8-23-16-21(6-10-25(23)30-26)18-31-12-14-33-15-13-31/h2-7,10-11,16-17,30H,8-9,12-15,18-19H2,1H3. The first-order valence-corrected chi connectivity index (χ1v) is 12.0. The lowest BCUT2D eigenvalue weighted by atomic mass is 10.0. The molecule has 168 valence electrons. The average molecular weight is 439 g/mol. The maximum Gasteiger partial charge on any atom is 0.107 e. The molecule has 5 heteroatoms. The fourth-order valence-corrected chi connectivity index (χ4v) is 5.16. The van der Waals surface area contributed by atoms with Crippen molar-refractivity contribution in [3.8, 4) is 0 Å². The van der Waals surface area contributed by atoms with Gasteiger partial charge in [-0.2, -0.15) is 0 Å². The molecule has 0 atom stereocenters. The Morgan fingerprint density at radius 2 is 1.52 bits per heavy atom. The van der Waals surface area contributed by atoms with E-state index in [1.165, 1.54) is 39.1 Å². The van der Waals surface area contributed by atoms with Gasteiger partial charge in [0.1, 0.15) is 5.82 Å². The summed E-state index contributed by atoms with van der Waals surface area (Å²) in [6.45, 7) is 7.68. The lowest BCUT2D eigenvalue weighted by Gasteiger charge is -2.26. The number of anilines is 2. The summed E-state index contributed by atoms with van der Waals surface area (Å²) in [5, 5.41) is 3.71. The minimum Gasteiger partial charge on any atom is -0.379 e. The van der Waals surface area contributed by atoms with Crippen molar-refractivity contribution in [2.45, 2.75) is 32.9 Å². The molecule has 3 aromatic carbocycles. The molecule has 2 aliphatic rings. The Labute approximate surface area is 195 Å². The van der Waals surface area contributed by atoms with Gasteiger partial charge in [-0.25, -0.2) is 4.98 Å². The number of benzene rings is 3. The summed E-state index contributed by atoms with van der Waals surface area (Å²) in [6.07, 6.45) is 2.11. The van der Waals surface area contributed by atoms with Gasteiger partial charge in [-0.3, -0.25) is 4.90 Å². The number of rotatable bonds is 4. The van der Waals surface area contributed by atoms with Gasteiger partial charge in [-0.15, -0.1) is 0 Å². The Hall–Kier alpha value is -3.15. The molecule has 0 radical (unpaired) electrons. The van der Waals surface area contributed by atoms with Crippen molar-refractivity contribution in [3.63, 3.8) is 0 Å². The molecule has 5 nitrogen and oxygen atoms in total. The number of hydrogen-bond acceptors (Lipinski definition) is 4. The first-order chi connectivity index (χ1) is 16.2. The lowest BCUT2D eigenvalue weighted by Crippen LogP contribution is -2.35. The summed E-state index contributed by atoms with van der Waals surface area (Å²) in [6, 6.07) is 22.2. The number of nitrogens with one attached hydrogen (secondary N) is 1. The number of aryl methyl sites for hydroxylation is 3. The third-order valence-corrected chi connectivity index (χ3v) is 6.97. The maximum absolute atomic E-state index is 5.49. The molecule has 1 aromatic heterocycles. The van der Waals surface area contributed by atoms with Crippen LogP contribution < -0.4 is 5.32 Å². The summed E-state index contributed by atoms with van der Waals surface area (Å²) < 4.78 is 7.81. The average Bonchev–Trinajstić information content (AvgIpc) is 3.03. The zero-order valence-corrected chi connectivity index (χ0v) is 19.2. The number of morpholine rings is 1. The third-order valence-electron chi connectivity index (χ3n) is 6.97. The van der Waals surface area contributed by atoms with Crippen LogP contribution in [-0.2, 0) is 30.7 Å². The monoisotopic (exact) mass is 438 g/mol. The first kappa shape index (κ1) is 20.5. The normalized spacial score (nSPS) is 16.2. The molecule has 0 amide bonds. The molecule has 0 bridgehead atoms. The zero-order chi connectivity index (χ0) is 22.2. The largest absolute Gasteiger partial charge is 0.379 e. The van der Waals surface area contributed by atoms with Crippen LogP contribution in [0.25, 0.3) is 11.0 Å². The van der Waals surface area contributed by atoms with Crippen molar-refractivity contribution in [2.24, 2.45) is 0 Å². The molecule has 0 aliphatic carbocycles. The van der Waals surface area contributed by atoms with Crippen LogP contribution in [0, 0.1) is 6.92 Å². The highest BCUT2D eigenvalue weighted by molar-refractivity contribution is 5.76. The van der Waals surface area contributed by atoms with E-state index in [1.54, 1.807) is 0 Å². The van der Waals surface area contributed by atoms with E-state index in [4.69, 9.17) is 9.72 Å². The topological polar surface area (TPSA) is 42.3 Å². The van der Waals surface area contributed by atoms with E-state index in [9.17, 15) is 0 Å². The lowest BCUT2D eigenvalue weighted by molar-refractivity contribution is 0.0342. The van der Waals surface area contributed by atoms with Gasteiger partial charge < -0.3 is 14.6 Å². The quantitative estimate of drug-likeness (QED) is 0.483. The smallest absolute Gasteiger partial charge is 0.107 e. The Balaban J connectivity index is 1.22. The van der Waals surface area contributed by atoms with Crippen LogP contribution in [0.4, 0.5) is 11.4 Å². The minimum atomic E-state index is 0.844. The Morgan fingerprint density at radius 3 is 2.24 bits per heavy atom. The number of nitrogens with zero attached hydrogens (tertiary/aromatic N) is 3. The highest BCUT2D eigenvalue weighted by Gasteiger charge is 2.16. The predicted octanol–water partition coefficient (Wildman–Crippen LogP) is 5.07. The van der Waals surface area contributed by atoms with Crippen LogP contribution in [0.2, 0.25) is 0 Å². The molecule has 33 heavy (non-hydrogen) atoms. The zero-order valence-electron chi connectivity index (χ0n) is 19.2. The van der Waals surface area contributed by atoms with Gasteiger partial charge in [0.05, 0.1) is 24.2 Å². The van der Waals surface area contributed by atoms with Crippen molar-refractivity contribution < 1.29 is 4.74 Å². The van der Waals surface area contributed by atoms with E-state index in [0.29, 0.717) is 0 Å². The third kappa shape index (κ3) is 4.14. The van der Waals surface area contributed by atoms with Crippen LogP contribution in [0.3, 0.4) is 0 Å². The summed E-state index contributed by atoms with van der Waals surface area (Å²) in [5.74, 6) is 1.06. The van der Waals surface area contributed by atoms with E-state index >= 15 is 0 Å². The molecular formula is C28H30N4O. The molecule has 0 saturated carbocycles. The number of imidazole rings is 1. The number of para-hydroxylation sites is 2. The highest BCUT2D eigenvalue weighted by atomic mass is 16.5. The van der Waals surface area contributed by atoms with E-state index < -0.39 is 0 Å². The van der Waals surface area contributed by atoms with E-state index in [1.807, 2.05) is 0 Å². The maximum atomic E-state index is 5.49. The summed E-state index contributed by atoms with van der Waals surface area (Å²) in [7, 11) is 0. The van der Waals surface area contributed by atoms with Crippen molar-refractivity contribution in [2.75, 3.05) is 31.6 Å². The molecule has 1 N–H and O–H groups in total. The molecule has 0 spiro atoms. The van der Waals surface area contributed by atoms with Gasteiger partial charge in [-0.1, -0.05) is 36.4 Å². The molecule has 0 unspecified atom stereocenters. The molecule has 1 fully saturated rings. The van der Waals surface area contributed by atoms with Crippen molar-refractivity contribution in [1.29, 1.82) is 0 Å². The van der Waals surface area contributed by atoms with E-state index in [0.717, 1.165) is 63.6 Å². The SMILES string of the molecule is Cc1nc2ccccc2n1Cc1ccc2c(c1)CCc1cc(CN3CCOCC3)ccc1N2. The van der Waals surface area contributed by atoms with Gasteiger partial charge in [-0.05, 0) is 66.3 Å². The first-order valence-electron chi connectivity index (χ1n) is 12.0. The molecule has 4 aromatic rings. The Kier molecular flexibility index (Phi) is 5.36. The van der Waals surface area contributed by atoms with Gasteiger partial charge in [0, 0.05) is 37.6 Å². The number of fused-ring (bicyclic) bond motifs is 3. The van der Waals surface area contributed by atoms with E-state index in [-0.39, 0.29) is 0 Å². The summed E-state index contributed by atoms with van der Waals surface area (Å²) >= 11 is 0. The Morgan fingerprint density at radius 1 is 0.848 bits per heavy atom. The van der Waals surface area contributed by atoms with E-state index in [2.05, 4.69) is 82.4 Å². The van der Waals surface area contributed by atoms with Crippen molar-refractivity contribution >= 4 is 22.4 Å². The molecule has 3 heterocycles. The second-order valence-electron chi connectivity index (χ2n) is 9.23. The minimum absolute atomic E-state index is 0.844. The van der Waals surface area contributed by atoms with Crippen molar-refractivity contribution in [3.05, 3.63) is 88.7 Å². The van der Waals surface area contributed by atoms with Crippen LogP contribution in [0.1, 0.15) is 28.1 Å². The second-order valence-corrected chi connectivity index (χ2v) is 9.23.